The molecule has 0 fully saturated rings. The second-order valence-electron chi connectivity index (χ2n) is 8.10. The zero-order valence-corrected chi connectivity index (χ0v) is 19.5. The van der Waals surface area contributed by atoms with Crippen molar-refractivity contribution >= 4 is 34.3 Å². The van der Waals surface area contributed by atoms with Gasteiger partial charge in [-0.25, -0.2) is 4.98 Å². The molecule has 0 bridgehead atoms. The Balaban J connectivity index is 1.94. The third-order valence-corrected chi connectivity index (χ3v) is 5.88. The number of aryl methyl sites for hydroxylation is 2. The summed E-state index contributed by atoms with van der Waals surface area (Å²) in [6.07, 6.45) is 1.18. The van der Waals surface area contributed by atoms with Crippen LogP contribution in [0.5, 0.6) is 5.75 Å². The molecule has 0 saturated heterocycles. The van der Waals surface area contributed by atoms with Crippen LogP contribution in [0.15, 0.2) is 30.3 Å². The summed E-state index contributed by atoms with van der Waals surface area (Å²) in [5, 5.41) is 9.70. The predicted molar refractivity (Wildman–Crippen MR) is 126 cm³/mol. The summed E-state index contributed by atoms with van der Waals surface area (Å²) >= 11 is 6.57. The molecule has 1 aromatic heterocycles. The fraction of sp³-hybridized carbons (Fsp3) is 0.417. The zero-order valence-electron chi connectivity index (χ0n) is 18.8. The van der Waals surface area contributed by atoms with Crippen LogP contribution in [0.2, 0.25) is 5.02 Å². The maximum atomic E-state index is 10.9. The number of anilines is 1. The Kier molecular flexibility index (Phi) is 7.11. The number of ether oxygens (including phenoxy) is 1. The summed E-state index contributed by atoms with van der Waals surface area (Å²) in [6, 6.07) is 10.0. The molecule has 0 amide bonds. The third kappa shape index (κ3) is 5.31. The van der Waals surface area contributed by atoms with E-state index in [1.807, 2.05) is 58.0 Å². The smallest absolute Gasteiger partial charge is 0.303 e. The molecule has 0 radical (unpaired) electrons. The lowest BCUT2D eigenvalue weighted by Crippen LogP contribution is -2.17. The van der Waals surface area contributed by atoms with Crippen LogP contribution in [-0.4, -0.2) is 40.8 Å². The van der Waals surface area contributed by atoms with Gasteiger partial charge in [-0.3, -0.25) is 4.79 Å². The highest BCUT2D eigenvalue weighted by molar-refractivity contribution is 6.31. The lowest BCUT2D eigenvalue weighted by atomic mass is 10.1. The standard InChI is InChI=1S/C24H30ClN3O3/c1-6-19(9-10-23(29)30)31-20-11-15(2)24-22(13-20)28(16(3)26-24)14-17-7-8-18(27(4)5)12-21(17)25/h7-8,11-13,19H,6,9-10,14H2,1-5H3,(H,29,30). The Labute approximate surface area is 188 Å². The van der Waals surface area contributed by atoms with E-state index in [1.165, 1.54) is 0 Å². The van der Waals surface area contributed by atoms with E-state index in [9.17, 15) is 4.79 Å². The summed E-state index contributed by atoms with van der Waals surface area (Å²) in [7, 11) is 3.98. The van der Waals surface area contributed by atoms with Gasteiger partial charge in [0.15, 0.2) is 0 Å². The Morgan fingerprint density at radius 1 is 1.26 bits per heavy atom. The van der Waals surface area contributed by atoms with Crippen LogP contribution >= 0.6 is 11.6 Å². The van der Waals surface area contributed by atoms with Crippen LogP contribution in [-0.2, 0) is 11.3 Å². The Morgan fingerprint density at radius 3 is 2.61 bits per heavy atom. The van der Waals surface area contributed by atoms with Crippen molar-refractivity contribution in [3.8, 4) is 5.75 Å². The molecule has 0 spiro atoms. The first-order chi connectivity index (χ1) is 14.7. The molecule has 0 aliphatic carbocycles. The molecule has 1 N–H and O–H groups in total. The van der Waals surface area contributed by atoms with Gasteiger partial charge in [0.2, 0.25) is 0 Å². The van der Waals surface area contributed by atoms with Gasteiger partial charge in [-0.2, -0.15) is 0 Å². The molecule has 1 unspecified atom stereocenters. The van der Waals surface area contributed by atoms with E-state index < -0.39 is 5.97 Å². The fourth-order valence-electron chi connectivity index (χ4n) is 3.68. The molecule has 3 aromatic rings. The molecule has 2 aromatic carbocycles. The molecular weight excluding hydrogens is 414 g/mol. The minimum absolute atomic E-state index is 0.0955. The first kappa shape index (κ1) is 22.9. The van der Waals surface area contributed by atoms with Gasteiger partial charge >= 0.3 is 5.97 Å². The first-order valence-corrected chi connectivity index (χ1v) is 10.9. The molecule has 0 saturated carbocycles. The van der Waals surface area contributed by atoms with Gasteiger partial charge in [0, 0.05) is 37.3 Å². The van der Waals surface area contributed by atoms with Crippen LogP contribution in [0.4, 0.5) is 5.69 Å². The van der Waals surface area contributed by atoms with Gasteiger partial charge in [-0.1, -0.05) is 24.6 Å². The SMILES string of the molecule is CCC(CCC(=O)O)Oc1cc(C)c2nc(C)n(Cc3ccc(N(C)C)cc3Cl)c2c1. The fourth-order valence-corrected chi connectivity index (χ4v) is 3.91. The van der Waals surface area contributed by atoms with Crippen molar-refractivity contribution in [2.24, 2.45) is 0 Å². The van der Waals surface area contributed by atoms with Crippen LogP contribution in [0.25, 0.3) is 11.0 Å². The average molecular weight is 444 g/mol. The monoisotopic (exact) mass is 443 g/mol. The van der Waals surface area contributed by atoms with E-state index in [0.717, 1.165) is 50.9 Å². The number of imidazole rings is 1. The lowest BCUT2D eigenvalue weighted by molar-refractivity contribution is -0.137. The van der Waals surface area contributed by atoms with Gasteiger partial charge in [0.05, 0.1) is 23.7 Å². The highest BCUT2D eigenvalue weighted by Gasteiger charge is 2.16. The maximum absolute atomic E-state index is 10.9. The van der Waals surface area contributed by atoms with Crippen LogP contribution in [0.3, 0.4) is 0 Å². The average Bonchev–Trinajstić information content (AvgIpc) is 3.02. The van der Waals surface area contributed by atoms with Crippen molar-refractivity contribution in [2.75, 3.05) is 19.0 Å². The van der Waals surface area contributed by atoms with Crippen molar-refractivity contribution in [1.82, 2.24) is 9.55 Å². The number of aliphatic carboxylic acids is 1. The number of halogens is 1. The van der Waals surface area contributed by atoms with Crippen molar-refractivity contribution in [1.29, 1.82) is 0 Å². The number of nitrogens with zero attached hydrogens (tertiary/aromatic N) is 3. The van der Waals surface area contributed by atoms with Gasteiger partial charge in [0.1, 0.15) is 11.6 Å². The predicted octanol–water partition coefficient (Wildman–Crippen LogP) is 5.44. The molecule has 1 atom stereocenters. The lowest BCUT2D eigenvalue weighted by Gasteiger charge is -2.18. The van der Waals surface area contributed by atoms with Crippen molar-refractivity contribution in [3.63, 3.8) is 0 Å². The number of carboxylic acid groups (broad SMARTS) is 1. The van der Waals surface area contributed by atoms with Crippen LogP contribution in [0.1, 0.15) is 43.1 Å². The number of carboxylic acids is 1. The molecular formula is C24H30ClN3O3. The van der Waals surface area contributed by atoms with E-state index in [1.54, 1.807) is 0 Å². The molecule has 1 heterocycles. The second kappa shape index (κ2) is 9.60. The number of carbonyl (C=O) groups is 1. The normalized spacial score (nSPS) is 12.2. The summed E-state index contributed by atoms with van der Waals surface area (Å²) in [4.78, 5) is 17.7. The molecule has 6 nitrogen and oxygen atoms in total. The number of aromatic nitrogens is 2. The van der Waals surface area contributed by atoms with E-state index in [4.69, 9.17) is 26.4 Å². The summed E-state index contributed by atoms with van der Waals surface area (Å²) in [5.41, 5.74) is 5.01. The van der Waals surface area contributed by atoms with Gasteiger partial charge in [0.25, 0.3) is 0 Å². The van der Waals surface area contributed by atoms with Gasteiger partial charge in [-0.05, 0) is 56.0 Å². The third-order valence-electron chi connectivity index (χ3n) is 5.53. The highest BCUT2D eigenvalue weighted by Crippen LogP contribution is 2.30. The number of benzene rings is 2. The van der Waals surface area contributed by atoms with Crippen molar-refractivity contribution in [3.05, 3.63) is 52.3 Å². The molecule has 7 heteroatoms. The summed E-state index contributed by atoms with van der Waals surface area (Å²) in [5.74, 6) is 0.831. The van der Waals surface area contributed by atoms with Crippen LogP contribution in [0, 0.1) is 13.8 Å². The maximum Gasteiger partial charge on any atom is 0.303 e. The van der Waals surface area contributed by atoms with Crippen molar-refractivity contribution in [2.45, 2.75) is 52.7 Å². The van der Waals surface area contributed by atoms with Gasteiger partial charge < -0.3 is 19.3 Å². The molecule has 0 aliphatic rings. The zero-order chi connectivity index (χ0) is 22.7. The largest absolute Gasteiger partial charge is 0.490 e. The number of fused-ring (bicyclic) bond motifs is 1. The number of hydrogen-bond acceptors (Lipinski definition) is 4. The topological polar surface area (TPSA) is 67.6 Å². The minimum Gasteiger partial charge on any atom is -0.490 e. The molecule has 31 heavy (non-hydrogen) atoms. The Bertz CT molecular complexity index is 1090. The quantitative estimate of drug-likeness (QED) is 0.476. The second-order valence-corrected chi connectivity index (χ2v) is 8.51. The van der Waals surface area contributed by atoms with Crippen LogP contribution < -0.4 is 9.64 Å². The van der Waals surface area contributed by atoms with E-state index >= 15 is 0 Å². The van der Waals surface area contributed by atoms with Crippen molar-refractivity contribution < 1.29 is 14.6 Å². The van der Waals surface area contributed by atoms with E-state index in [2.05, 4.69) is 16.7 Å². The summed E-state index contributed by atoms with van der Waals surface area (Å²) in [6.45, 7) is 6.62. The minimum atomic E-state index is -0.806. The number of rotatable bonds is 9. The highest BCUT2D eigenvalue weighted by atomic mass is 35.5. The number of hydrogen-bond donors (Lipinski definition) is 1. The first-order valence-electron chi connectivity index (χ1n) is 10.5. The van der Waals surface area contributed by atoms with E-state index in [-0.39, 0.29) is 12.5 Å². The Morgan fingerprint density at radius 2 is 2.00 bits per heavy atom. The van der Waals surface area contributed by atoms with Gasteiger partial charge in [-0.15, -0.1) is 0 Å². The summed E-state index contributed by atoms with van der Waals surface area (Å²) < 4.78 is 8.29. The molecule has 3 rings (SSSR count). The molecule has 166 valence electrons. The van der Waals surface area contributed by atoms with E-state index in [0.29, 0.717) is 13.0 Å². The Hall–Kier alpha value is -2.73. The molecule has 0 aliphatic heterocycles.